The number of carbonyl (C=O) groups is 1. The van der Waals surface area contributed by atoms with Crippen LogP contribution >= 0.6 is 0 Å². The van der Waals surface area contributed by atoms with E-state index in [1.165, 1.54) is 0 Å². The zero-order valence-corrected chi connectivity index (χ0v) is 13.2. The van der Waals surface area contributed by atoms with Gasteiger partial charge in [-0.25, -0.2) is 0 Å². The molecule has 0 saturated carbocycles. The largest absolute Gasteiger partial charge is 0.459 e. The predicted molar refractivity (Wildman–Crippen MR) is 77.6 cm³/mol. The molecule has 0 amide bonds. The molecular weight excluding hydrogens is 256 g/mol. The number of carbonyl (C=O) groups excluding carboxylic acids is 1. The Labute approximate surface area is 122 Å². The molecule has 0 spiro atoms. The van der Waals surface area contributed by atoms with Crippen molar-refractivity contribution in [3.05, 3.63) is 0 Å². The Bertz CT molecular complexity index is 325. The fourth-order valence-electron chi connectivity index (χ4n) is 2.77. The van der Waals surface area contributed by atoms with Crippen LogP contribution in [0, 0.1) is 5.92 Å². The minimum Gasteiger partial charge on any atom is -0.459 e. The number of hydrogen-bond donors (Lipinski definition) is 0. The number of ether oxygens (including phenoxy) is 2. The summed E-state index contributed by atoms with van der Waals surface area (Å²) in [5, 5.41) is 0. The normalized spacial score (nSPS) is 24.8. The molecule has 2 fully saturated rings. The standard InChI is InChI=1S/C15H28N2O3/c1-11(15(18)20-14-7-16(3)8-14)5-6-12(2)17-9-13(10-17)19-4/h11-14H,5-10H2,1-4H3. The molecule has 0 aliphatic carbocycles. The second-order valence-electron chi connectivity index (χ2n) is 6.42. The maximum atomic E-state index is 11.9. The van der Waals surface area contributed by atoms with Gasteiger partial charge in [0.2, 0.25) is 0 Å². The monoisotopic (exact) mass is 284 g/mol. The average Bonchev–Trinajstić information content (AvgIpc) is 2.32. The van der Waals surface area contributed by atoms with Gasteiger partial charge in [-0.05, 0) is 26.8 Å². The van der Waals surface area contributed by atoms with Crippen LogP contribution in [0.25, 0.3) is 0 Å². The summed E-state index contributed by atoms with van der Waals surface area (Å²) in [7, 11) is 3.80. The van der Waals surface area contributed by atoms with E-state index in [9.17, 15) is 4.79 Å². The third-order valence-corrected chi connectivity index (χ3v) is 4.57. The van der Waals surface area contributed by atoms with Crippen LogP contribution in [-0.4, -0.2) is 74.4 Å². The summed E-state index contributed by atoms with van der Waals surface area (Å²) >= 11 is 0. The van der Waals surface area contributed by atoms with Crippen molar-refractivity contribution in [2.75, 3.05) is 40.3 Å². The van der Waals surface area contributed by atoms with Crippen molar-refractivity contribution in [1.29, 1.82) is 0 Å². The SMILES string of the molecule is COC1CN(C(C)CCC(C)C(=O)OC2CN(C)C2)C1. The van der Waals surface area contributed by atoms with Gasteiger partial charge >= 0.3 is 5.97 Å². The van der Waals surface area contributed by atoms with E-state index < -0.39 is 0 Å². The van der Waals surface area contributed by atoms with Crippen LogP contribution in [0.5, 0.6) is 0 Å². The lowest BCUT2D eigenvalue weighted by Crippen LogP contribution is -2.55. The van der Waals surface area contributed by atoms with Crippen molar-refractivity contribution in [2.24, 2.45) is 5.92 Å². The van der Waals surface area contributed by atoms with Gasteiger partial charge < -0.3 is 9.47 Å². The molecule has 0 aromatic heterocycles. The molecule has 0 N–H and O–H groups in total. The summed E-state index contributed by atoms with van der Waals surface area (Å²) < 4.78 is 10.8. The molecule has 2 unspecified atom stereocenters. The van der Waals surface area contributed by atoms with Crippen molar-refractivity contribution in [1.82, 2.24) is 9.80 Å². The number of rotatable bonds is 7. The summed E-state index contributed by atoms with van der Waals surface area (Å²) in [5.41, 5.74) is 0. The van der Waals surface area contributed by atoms with Crippen molar-refractivity contribution >= 4 is 5.97 Å². The van der Waals surface area contributed by atoms with Gasteiger partial charge in [0.15, 0.2) is 0 Å². The molecule has 2 saturated heterocycles. The Kier molecular flexibility index (Phi) is 5.41. The first-order valence-corrected chi connectivity index (χ1v) is 7.65. The van der Waals surface area contributed by atoms with Crippen LogP contribution in [0.1, 0.15) is 26.7 Å². The summed E-state index contributed by atoms with van der Waals surface area (Å²) in [5.74, 6) is -0.0310. The molecule has 2 aliphatic rings. The quantitative estimate of drug-likeness (QED) is 0.652. The van der Waals surface area contributed by atoms with E-state index in [0.717, 1.165) is 39.0 Å². The van der Waals surface area contributed by atoms with E-state index in [1.807, 2.05) is 14.0 Å². The molecule has 20 heavy (non-hydrogen) atoms. The summed E-state index contributed by atoms with van der Waals surface area (Å²) in [4.78, 5) is 16.5. The molecule has 0 aromatic rings. The first kappa shape index (κ1) is 15.7. The van der Waals surface area contributed by atoms with Gasteiger partial charge in [-0.3, -0.25) is 14.6 Å². The summed E-state index contributed by atoms with van der Waals surface area (Å²) in [6.45, 7) is 7.99. The highest BCUT2D eigenvalue weighted by molar-refractivity contribution is 5.72. The third-order valence-electron chi connectivity index (χ3n) is 4.57. The maximum absolute atomic E-state index is 11.9. The van der Waals surface area contributed by atoms with Gasteiger partial charge in [0.25, 0.3) is 0 Å². The highest BCUT2D eigenvalue weighted by atomic mass is 16.5. The molecule has 5 nitrogen and oxygen atoms in total. The average molecular weight is 284 g/mol. The van der Waals surface area contributed by atoms with Gasteiger partial charge in [-0.15, -0.1) is 0 Å². The minimum absolute atomic E-state index is 0.00264. The van der Waals surface area contributed by atoms with Gasteiger partial charge in [0.05, 0.1) is 12.0 Å². The smallest absolute Gasteiger partial charge is 0.309 e. The zero-order chi connectivity index (χ0) is 14.7. The second-order valence-corrected chi connectivity index (χ2v) is 6.42. The van der Waals surface area contributed by atoms with Gasteiger partial charge in [-0.1, -0.05) is 6.92 Å². The lowest BCUT2D eigenvalue weighted by atomic mass is 9.99. The highest BCUT2D eigenvalue weighted by Gasteiger charge is 2.31. The van der Waals surface area contributed by atoms with Crippen molar-refractivity contribution in [3.8, 4) is 0 Å². The van der Waals surface area contributed by atoms with Crippen LogP contribution in [0.2, 0.25) is 0 Å². The topological polar surface area (TPSA) is 42.0 Å². The first-order valence-electron chi connectivity index (χ1n) is 7.65. The van der Waals surface area contributed by atoms with Crippen LogP contribution < -0.4 is 0 Å². The highest BCUT2D eigenvalue weighted by Crippen LogP contribution is 2.20. The molecule has 0 aromatic carbocycles. The van der Waals surface area contributed by atoms with Crippen LogP contribution in [0.3, 0.4) is 0 Å². The molecule has 2 atom stereocenters. The number of esters is 1. The van der Waals surface area contributed by atoms with E-state index >= 15 is 0 Å². The Balaban J connectivity index is 1.59. The van der Waals surface area contributed by atoms with E-state index in [0.29, 0.717) is 12.1 Å². The second kappa shape index (κ2) is 6.87. The van der Waals surface area contributed by atoms with Crippen molar-refractivity contribution < 1.29 is 14.3 Å². The van der Waals surface area contributed by atoms with Gasteiger partial charge in [0.1, 0.15) is 6.10 Å². The fraction of sp³-hybridized carbons (Fsp3) is 0.933. The maximum Gasteiger partial charge on any atom is 0.309 e. The van der Waals surface area contributed by atoms with Crippen LogP contribution in [0.15, 0.2) is 0 Å². The Morgan fingerprint density at radius 1 is 1.15 bits per heavy atom. The number of methoxy groups -OCH3 is 1. The molecule has 2 heterocycles. The minimum atomic E-state index is -0.0336. The van der Waals surface area contributed by atoms with E-state index in [1.54, 1.807) is 7.11 Å². The molecule has 5 heteroatoms. The Morgan fingerprint density at radius 2 is 1.80 bits per heavy atom. The molecule has 116 valence electrons. The number of likely N-dealkylation sites (N-methyl/N-ethyl adjacent to an activating group) is 1. The van der Waals surface area contributed by atoms with Crippen LogP contribution in [-0.2, 0) is 14.3 Å². The molecular formula is C15H28N2O3. The zero-order valence-electron chi connectivity index (χ0n) is 13.2. The van der Waals surface area contributed by atoms with Gasteiger partial charge in [0, 0.05) is 39.3 Å². The lowest BCUT2D eigenvalue weighted by Gasteiger charge is -2.42. The summed E-state index contributed by atoms with van der Waals surface area (Å²) in [6.07, 6.45) is 2.45. The molecule has 2 aliphatic heterocycles. The van der Waals surface area contributed by atoms with E-state index in [-0.39, 0.29) is 18.0 Å². The predicted octanol–water partition coefficient (Wildman–Crippen LogP) is 0.979. The Hall–Kier alpha value is -0.650. The number of hydrogen-bond acceptors (Lipinski definition) is 5. The van der Waals surface area contributed by atoms with Crippen molar-refractivity contribution in [3.63, 3.8) is 0 Å². The fourth-order valence-corrected chi connectivity index (χ4v) is 2.77. The molecule has 0 radical (unpaired) electrons. The van der Waals surface area contributed by atoms with Crippen LogP contribution in [0.4, 0.5) is 0 Å². The molecule has 0 bridgehead atoms. The lowest BCUT2D eigenvalue weighted by molar-refractivity contribution is -0.161. The van der Waals surface area contributed by atoms with Gasteiger partial charge in [-0.2, -0.15) is 0 Å². The summed E-state index contributed by atoms with van der Waals surface area (Å²) in [6, 6.07) is 0.520. The van der Waals surface area contributed by atoms with Crippen molar-refractivity contribution in [2.45, 2.75) is 44.9 Å². The number of likely N-dealkylation sites (tertiary alicyclic amines) is 2. The number of nitrogens with zero attached hydrogens (tertiary/aromatic N) is 2. The molecule has 2 rings (SSSR count). The van der Waals surface area contributed by atoms with E-state index in [4.69, 9.17) is 9.47 Å². The van der Waals surface area contributed by atoms with E-state index in [2.05, 4.69) is 16.7 Å². The Morgan fingerprint density at radius 3 is 2.35 bits per heavy atom. The first-order chi connectivity index (χ1) is 9.49. The third kappa shape index (κ3) is 3.93.